The molecule has 0 unspecified atom stereocenters. The minimum atomic E-state index is -5.08. The van der Waals surface area contributed by atoms with Gasteiger partial charge in [0.15, 0.2) is 0 Å². The highest BCUT2D eigenvalue weighted by atomic mass is 19.4. The smallest absolute Gasteiger partial charge is 0.475 e. The van der Waals surface area contributed by atoms with Crippen molar-refractivity contribution in [2.45, 2.75) is 37.8 Å². The summed E-state index contributed by atoms with van der Waals surface area (Å²) in [6.45, 7) is 1.44. The molecule has 0 spiro atoms. The number of carboxylic acid groups (broad SMARTS) is 1. The number of hydrogen-bond donors (Lipinski definition) is 1. The molecule has 4 rings (SSSR count). The molecule has 7 nitrogen and oxygen atoms in total. The topological polar surface area (TPSA) is 96.3 Å². The third-order valence-corrected chi connectivity index (χ3v) is 4.72. The number of amides is 1. The van der Waals surface area contributed by atoms with Gasteiger partial charge in [-0.25, -0.2) is 14.8 Å². The van der Waals surface area contributed by atoms with Crippen LogP contribution in [0.4, 0.5) is 13.2 Å². The zero-order valence-corrected chi connectivity index (χ0v) is 15.4. The Balaban J connectivity index is 0.000000298. The van der Waals surface area contributed by atoms with Crippen LogP contribution in [0.25, 0.3) is 0 Å². The van der Waals surface area contributed by atoms with Crippen molar-refractivity contribution in [3.05, 3.63) is 53.4 Å². The number of aliphatic carboxylic acids is 1. The zero-order chi connectivity index (χ0) is 21.0. The van der Waals surface area contributed by atoms with E-state index in [2.05, 4.69) is 15.0 Å². The van der Waals surface area contributed by atoms with Crippen molar-refractivity contribution in [3.8, 4) is 0 Å². The lowest BCUT2D eigenvalue weighted by molar-refractivity contribution is -0.192. The van der Waals surface area contributed by atoms with E-state index >= 15 is 0 Å². The molecule has 1 fully saturated rings. The van der Waals surface area contributed by atoms with Crippen LogP contribution in [0.5, 0.6) is 0 Å². The van der Waals surface area contributed by atoms with Crippen LogP contribution < -0.4 is 0 Å². The van der Waals surface area contributed by atoms with E-state index in [-0.39, 0.29) is 5.91 Å². The molecule has 2 aromatic rings. The highest BCUT2D eigenvalue weighted by Gasteiger charge is 2.38. The molecule has 0 bridgehead atoms. The van der Waals surface area contributed by atoms with Crippen LogP contribution in [0.2, 0.25) is 0 Å². The zero-order valence-electron chi connectivity index (χ0n) is 15.4. The first-order valence-electron chi connectivity index (χ1n) is 9.09. The lowest BCUT2D eigenvalue weighted by Crippen LogP contribution is -2.33. The summed E-state index contributed by atoms with van der Waals surface area (Å²) in [6, 6.07) is 3.62. The van der Waals surface area contributed by atoms with E-state index in [0.717, 1.165) is 25.1 Å². The molecule has 10 heteroatoms. The number of nitrogens with zero attached hydrogens (tertiary/aromatic N) is 4. The van der Waals surface area contributed by atoms with Gasteiger partial charge in [0.1, 0.15) is 6.33 Å². The van der Waals surface area contributed by atoms with Crippen LogP contribution >= 0.6 is 0 Å². The Bertz CT molecular complexity index is 886. The maximum absolute atomic E-state index is 12.6. The summed E-state index contributed by atoms with van der Waals surface area (Å²) in [5.41, 5.74) is 4.28. The molecule has 1 amide bonds. The molecule has 29 heavy (non-hydrogen) atoms. The number of carbonyl (C=O) groups is 2. The van der Waals surface area contributed by atoms with E-state index < -0.39 is 12.1 Å². The lowest BCUT2D eigenvalue weighted by atomic mass is 10.0. The summed E-state index contributed by atoms with van der Waals surface area (Å²) in [6.07, 6.45) is 4.06. The van der Waals surface area contributed by atoms with Gasteiger partial charge >= 0.3 is 12.1 Å². The second-order valence-corrected chi connectivity index (χ2v) is 6.80. The molecule has 0 aromatic carbocycles. The molecule has 1 aliphatic heterocycles. The molecule has 0 saturated heterocycles. The van der Waals surface area contributed by atoms with Gasteiger partial charge in [0.2, 0.25) is 0 Å². The van der Waals surface area contributed by atoms with Crippen LogP contribution in [0, 0.1) is 0 Å². The average Bonchev–Trinajstić information content (AvgIpc) is 3.54. The summed E-state index contributed by atoms with van der Waals surface area (Å²) in [5, 5.41) is 7.12. The van der Waals surface area contributed by atoms with Gasteiger partial charge < -0.3 is 10.0 Å². The Morgan fingerprint density at radius 3 is 2.41 bits per heavy atom. The molecule has 3 heterocycles. The second kappa shape index (κ2) is 8.54. The third-order valence-electron chi connectivity index (χ3n) is 4.72. The van der Waals surface area contributed by atoms with Gasteiger partial charge in [-0.05, 0) is 37.0 Å². The number of pyridine rings is 1. The van der Waals surface area contributed by atoms with Gasteiger partial charge in [-0.2, -0.15) is 13.2 Å². The Labute approximate surface area is 164 Å². The number of carboxylic acids is 1. The predicted molar refractivity (Wildman–Crippen MR) is 95.2 cm³/mol. The molecule has 2 aliphatic rings. The quantitative estimate of drug-likeness (QED) is 0.821. The van der Waals surface area contributed by atoms with Crippen molar-refractivity contribution in [2.24, 2.45) is 0 Å². The highest BCUT2D eigenvalue weighted by molar-refractivity contribution is 5.93. The maximum atomic E-state index is 12.6. The normalized spacial score (nSPS) is 16.2. The molecular weight excluding hydrogens is 389 g/mol. The number of alkyl halides is 3. The molecule has 1 saturated carbocycles. The monoisotopic (exact) mass is 408 g/mol. The van der Waals surface area contributed by atoms with E-state index in [1.807, 2.05) is 11.0 Å². The second-order valence-electron chi connectivity index (χ2n) is 6.80. The molecule has 2 aromatic heterocycles. The van der Waals surface area contributed by atoms with Crippen LogP contribution in [0.1, 0.15) is 46.1 Å². The van der Waals surface area contributed by atoms with Gasteiger partial charge in [-0.1, -0.05) is 0 Å². The number of hydrogen-bond acceptors (Lipinski definition) is 5. The highest BCUT2D eigenvalue weighted by Crippen LogP contribution is 2.41. The van der Waals surface area contributed by atoms with Crippen molar-refractivity contribution in [1.29, 1.82) is 0 Å². The summed E-state index contributed by atoms with van der Waals surface area (Å²) in [5.74, 6) is -2.08. The van der Waals surface area contributed by atoms with Crippen LogP contribution in [0.3, 0.4) is 0 Å². The molecule has 0 atom stereocenters. The van der Waals surface area contributed by atoms with Gasteiger partial charge in [0.05, 0.1) is 11.3 Å². The Hall–Kier alpha value is -3.04. The first-order chi connectivity index (χ1) is 13.8. The molecular formula is C19H19F3N4O3. The van der Waals surface area contributed by atoms with Crippen LogP contribution in [-0.4, -0.2) is 56.1 Å². The first-order valence-corrected chi connectivity index (χ1v) is 9.09. The van der Waals surface area contributed by atoms with E-state index in [4.69, 9.17) is 9.90 Å². The van der Waals surface area contributed by atoms with Crippen LogP contribution in [-0.2, 0) is 17.6 Å². The van der Waals surface area contributed by atoms with Gasteiger partial charge in [-0.15, -0.1) is 0 Å². The summed E-state index contributed by atoms with van der Waals surface area (Å²) >= 11 is 0. The molecule has 1 N–H and O–H groups in total. The molecule has 1 aliphatic carbocycles. The fourth-order valence-corrected chi connectivity index (χ4v) is 3.14. The van der Waals surface area contributed by atoms with Crippen molar-refractivity contribution in [1.82, 2.24) is 19.9 Å². The summed E-state index contributed by atoms with van der Waals surface area (Å²) in [4.78, 5) is 36.4. The van der Waals surface area contributed by atoms with Gasteiger partial charge in [0, 0.05) is 43.5 Å². The van der Waals surface area contributed by atoms with Crippen LogP contribution in [0.15, 0.2) is 30.9 Å². The minimum Gasteiger partial charge on any atom is -0.475 e. The predicted octanol–water partition coefficient (Wildman–Crippen LogP) is 2.62. The Kier molecular flexibility index (Phi) is 6.09. The van der Waals surface area contributed by atoms with E-state index in [0.29, 0.717) is 18.0 Å². The van der Waals surface area contributed by atoms with Crippen molar-refractivity contribution in [2.75, 3.05) is 13.1 Å². The number of aromatic nitrogens is 3. The fraction of sp³-hybridized carbons (Fsp3) is 0.421. The Morgan fingerprint density at radius 2 is 1.83 bits per heavy atom. The number of rotatable bonds is 2. The van der Waals surface area contributed by atoms with Gasteiger partial charge in [-0.3, -0.25) is 9.78 Å². The van der Waals surface area contributed by atoms with Crippen molar-refractivity contribution in [3.63, 3.8) is 0 Å². The summed E-state index contributed by atoms with van der Waals surface area (Å²) < 4.78 is 31.7. The minimum absolute atomic E-state index is 0.0573. The largest absolute Gasteiger partial charge is 0.490 e. The van der Waals surface area contributed by atoms with Crippen molar-refractivity contribution >= 4 is 11.9 Å². The first kappa shape index (κ1) is 20.7. The number of halogens is 3. The number of carbonyl (C=O) groups excluding carboxylic acids is 1. The van der Waals surface area contributed by atoms with Crippen molar-refractivity contribution < 1.29 is 27.9 Å². The molecule has 0 radical (unpaired) electrons. The third kappa shape index (κ3) is 5.27. The number of fused-ring (bicyclic) bond motifs is 1. The lowest BCUT2D eigenvalue weighted by Gasteiger charge is -2.19. The van der Waals surface area contributed by atoms with E-state index in [1.54, 1.807) is 24.8 Å². The fourth-order valence-electron chi connectivity index (χ4n) is 3.14. The Morgan fingerprint density at radius 1 is 1.14 bits per heavy atom. The van der Waals surface area contributed by atoms with Gasteiger partial charge in [0.25, 0.3) is 5.91 Å². The standard InChI is InChI=1S/C17H18N4O.C2HF3O2/c22-17(13-2-1-7-18-10-13)21-8-5-14-15(6-9-21)19-11-20-16(14)12-3-4-12;3-2(4,5)1(6)7/h1-2,7,10-12H,3-6,8-9H2;(H,6,7). The average molecular weight is 408 g/mol. The SMILES string of the molecule is O=C(O)C(F)(F)F.O=C(c1cccnc1)N1CCc2ncnc(C3CC3)c2CC1. The maximum Gasteiger partial charge on any atom is 0.490 e. The van der Waals surface area contributed by atoms with E-state index in [9.17, 15) is 18.0 Å². The summed E-state index contributed by atoms with van der Waals surface area (Å²) in [7, 11) is 0. The molecule has 154 valence electrons. The van der Waals surface area contributed by atoms with E-state index in [1.165, 1.54) is 24.1 Å².